The third-order valence-corrected chi connectivity index (χ3v) is 12.9. The molecule has 3 aromatic rings. The van der Waals surface area contributed by atoms with Crippen molar-refractivity contribution < 1.29 is 33.1 Å². The van der Waals surface area contributed by atoms with Crippen LogP contribution in [0.2, 0.25) is 5.02 Å². The molecule has 5 fully saturated rings. The standard InChI is InChI=1S/C41H41ClFN9O6/c42-31-13-25(4-1-22(31)16-44)58-24-5-2-23(3-6-24)47-38(54)33-17-46-36(18-45-33)50-11-9-49(10-12-50)19-28-29-20-51(21-30(28)29)35-15-27-26(14-32(35)43)40(56)52(41(27)57)34-7-8-37(53)48-39(34)55/h1,4,13-15,17-18,23-24,28-30,34H,2-3,5-12,19-21H2,(H,47,54)(H,48,53,55)/t23-,24-,28-,29-,30+,34?. The van der Waals surface area contributed by atoms with Gasteiger partial charge in [-0.15, -0.1) is 0 Å². The second kappa shape index (κ2) is 15.3. The normalized spacial score (nSPS) is 26.9. The van der Waals surface area contributed by atoms with E-state index >= 15 is 4.39 Å². The molecule has 0 radical (unpaired) electrons. The van der Waals surface area contributed by atoms with Crippen LogP contribution < -0.4 is 25.2 Å². The molecule has 5 heterocycles. The fourth-order valence-corrected chi connectivity index (χ4v) is 9.55. The topological polar surface area (TPSA) is 181 Å². The zero-order valence-electron chi connectivity index (χ0n) is 31.5. The molecule has 3 saturated heterocycles. The van der Waals surface area contributed by atoms with Crippen molar-refractivity contribution in [2.45, 2.75) is 56.7 Å². The molecule has 0 bridgehead atoms. The van der Waals surface area contributed by atoms with Crippen molar-refractivity contribution in [1.82, 2.24) is 30.4 Å². The van der Waals surface area contributed by atoms with E-state index < -0.39 is 35.5 Å². The molecule has 2 saturated carbocycles. The van der Waals surface area contributed by atoms with Crippen molar-refractivity contribution >= 4 is 52.6 Å². The van der Waals surface area contributed by atoms with Crippen molar-refractivity contribution in [3.05, 3.63) is 75.9 Å². The number of carbonyl (C=O) groups excluding carboxylic acids is 5. The van der Waals surface area contributed by atoms with Crippen LogP contribution >= 0.6 is 11.6 Å². The third kappa shape index (κ3) is 7.21. The van der Waals surface area contributed by atoms with Gasteiger partial charge in [-0.05, 0) is 74.1 Å². The molecule has 4 aliphatic heterocycles. The molecule has 0 spiro atoms. The number of nitrogens with one attached hydrogen (secondary N) is 2. The molecule has 2 aliphatic carbocycles. The van der Waals surface area contributed by atoms with Gasteiger partial charge in [0.1, 0.15) is 35.2 Å². The Kier molecular flexibility index (Phi) is 9.97. The van der Waals surface area contributed by atoms with E-state index in [-0.39, 0.29) is 53.4 Å². The number of halogens is 2. The molecule has 58 heavy (non-hydrogen) atoms. The number of fused-ring (bicyclic) bond motifs is 2. The van der Waals surface area contributed by atoms with Gasteiger partial charge in [-0.3, -0.25) is 39.1 Å². The molecule has 2 aromatic carbocycles. The first-order valence-corrected chi connectivity index (χ1v) is 20.2. The summed E-state index contributed by atoms with van der Waals surface area (Å²) in [6.45, 7) is 5.52. The fourth-order valence-electron chi connectivity index (χ4n) is 9.33. The molecule has 4 atom stereocenters. The van der Waals surface area contributed by atoms with Crippen LogP contribution in [0.5, 0.6) is 5.75 Å². The second-order valence-electron chi connectivity index (χ2n) is 16.1. The minimum absolute atomic E-state index is 0.00565. The first-order chi connectivity index (χ1) is 28.0. The Morgan fingerprint density at radius 3 is 2.31 bits per heavy atom. The summed E-state index contributed by atoms with van der Waals surface area (Å²) in [6.07, 6.45) is 6.34. The smallest absolute Gasteiger partial charge is 0.271 e. The molecule has 2 N–H and O–H groups in total. The van der Waals surface area contributed by atoms with Crippen molar-refractivity contribution in [3.8, 4) is 11.8 Å². The molecule has 1 aromatic heterocycles. The quantitative estimate of drug-likeness (QED) is 0.302. The number of hydrogen-bond acceptors (Lipinski definition) is 12. The average molecular weight is 810 g/mol. The van der Waals surface area contributed by atoms with Gasteiger partial charge in [-0.2, -0.15) is 5.26 Å². The van der Waals surface area contributed by atoms with E-state index in [2.05, 4.69) is 30.4 Å². The largest absolute Gasteiger partial charge is 0.490 e. The highest BCUT2D eigenvalue weighted by Crippen LogP contribution is 2.53. The Hall–Kier alpha value is -5.66. The number of imide groups is 2. The lowest BCUT2D eigenvalue weighted by molar-refractivity contribution is -0.136. The third-order valence-electron chi connectivity index (χ3n) is 12.6. The van der Waals surface area contributed by atoms with Gasteiger partial charge >= 0.3 is 0 Å². The Labute approximate surface area is 338 Å². The highest BCUT2D eigenvalue weighted by atomic mass is 35.5. The summed E-state index contributed by atoms with van der Waals surface area (Å²) in [4.78, 5) is 79.9. The minimum Gasteiger partial charge on any atom is -0.490 e. The summed E-state index contributed by atoms with van der Waals surface area (Å²) in [6, 6.07) is 8.56. The molecule has 5 amide bonds. The van der Waals surface area contributed by atoms with Crippen LogP contribution in [0.1, 0.15) is 75.3 Å². The lowest BCUT2D eigenvalue weighted by Crippen LogP contribution is -2.54. The van der Waals surface area contributed by atoms with Gasteiger partial charge in [0.05, 0.1) is 45.9 Å². The minimum atomic E-state index is -1.10. The van der Waals surface area contributed by atoms with E-state index in [1.807, 2.05) is 11.0 Å². The second-order valence-corrected chi connectivity index (χ2v) is 16.5. The SMILES string of the molecule is N#Cc1ccc(O[C@H]2CC[C@H](NC(=O)c3cnc(N4CCN(C[C@@H]5[C@H]6CN(c7cc8c(cc7F)C(=O)N(C7CCC(=O)NC7=O)C8=O)C[C@@H]56)CC4)cn3)CC2)cc1Cl. The van der Waals surface area contributed by atoms with E-state index in [0.29, 0.717) is 47.2 Å². The van der Waals surface area contributed by atoms with Crippen LogP contribution in [-0.4, -0.2) is 113 Å². The number of hydrogen-bond donors (Lipinski definition) is 2. The average Bonchev–Trinajstić information content (AvgIpc) is 3.52. The first-order valence-electron chi connectivity index (χ1n) is 19.8. The highest BCUT2D eigenvalue weighted by Gasteiger charge is 2.56. The van der Waals surface area contributed by atoms with Crippen LogP contribution in [0.25, 0.3) is 0 Å². The highest BCUT2D eigenvalue weighted by molar-refractivity contribution is 6.31. The van der Waals surface area contributed by atoms with Crippen LogP contribution in [-0.2, 0) is 9.59 Å². The van der Waals surface area contributed by atoms with Crippen LogP contribution in [0, 0.1) is 34.9 Å². The van der Waals surface area contributed by atoms with Gasteiger partial charge in [0.15, 0.2) is 0 Å². The Morgan fingerprint density at radius 2 is 1.66 bits per heavy atom. The number of nitriles is 1. The van der Waals surface area contributed by atoms with Gasteiger partial charge in [-0.1, -0.05) is 11.6 Å². The first kappa shape index (κ1) is 37.9. The Bertz CT molecular complexity index is 2230. The molecule has 300 valence electrons. The lowest BCUT2D eigenvalue weighted by atomic mass is 9.93. The predicted molar refractivity (Wildman–Crippen MR) is 207 cm³/mol. The zero-order chi connectivity index (χ0) is 40.2. The summed E-state index contributed by atoms with van der Waals surface area (Å²) >= 11 is 6.14. The number of piperazine rings is 1. The number of rotatable bonds is 9. The van der Waals surface area contributed by atoms with E-state index in [4.69, 9.17) is 21.6 Å². The Morgan fingerprint density at radius 1 is 0.931 bits per heavy atom. The summed E-state index contributed by atoms with van der Waals surface area (Å²) in [5.74, 6) is -0.675. The fraction of sp³-hybridized carbons (Fsp3) is 0.463. The molecule has 9 rings (SSSR count). The number of nitrogens with zero attached hydrogens (tertiary/aromatic N) is 7. The van der Waals surface area contributed by atoms with Crippen molar-refractivity contribution in [2.24, 2.45) is 17.8 Å². The van der Waals surface area contributed by atoms with Crippen LogP contribution in [0.15, 0.2) is 42.7 Å². The van der Waals surface area contributed by atoms with Gasteiger partial charge in [0, 0.05) is 64.3 Å². The van der Waals surface area contributed by atoms with Crippen LogP contribution in [0.3, 0.4) is 0 Å². The maximum Gasteiger partial charge on any atom is 0.271 e. The summed E-state index contributed by atoms with van der Waals surface area (Å²) < 4.78 is 21.5. The van der Waals surface area contributed by atoms with Gasteiger partial charge in [-0.25, -0.2) is 14.4 Å². The maximum atomic E-state index is 15.4. The maximum absolute atomic E-state index is 15.4. The summed E-state index contributed by atoms with van der Waals surface area (Å²) in [7, 11) is 0. The number of carbonyl (C=O) groups is 5. The number of ether oxygens (including phenoxy) is 1. The van der Waals surface area contributed by atoms with E-state index in [0.717, 1.165) is 75.2 Å². The van der Waals surface area contributed by atoms with Gasteiger partial charge in [0.25, 0.3) is 17.7 Å². The van der Waals surface area contributed by atoms with E-state index in [1.165, 1.54) is 12.3 Å². The molecule has 15 nitrogen and oxygen atoms in total. The summed E-state index contributed by atoms with van der Waals surface area (Å²) in [5.41, 5.74) is 0.989. The molecule has 1 unspecified atom stereocenters. The monoisotopic (exact) mass is 809 g/mol. The number of amides is 5. The molecule has 6 aliphatic rings. The van der Waals surface area contributed by atoms with E-state index in [1.54, 1.807) is 24.4 Å². The molecular weight excluding hydrogens is 769 g/mol. The predicted octanol–water partition coefficient (Wildman–Crippen LogP) is 3.17. The number of piperidine rings is 2. The Balaban J connectivity index is 0.711. The lowest BCUT2D eigenvalue weighted by Gasteiger charge is -2.36. The summed E-state index contributed by atoms with van der Waals surface area (Å²) in [5, 5.41) is 14.7. The van der Waals surface area contributed by atoms with Crippen LogP contribution in [0.4, 0.5) is 15.9 Å². The van der Waals surface area contributed by atoms with Crippen molar-refractivity contribution in [2.75, 3.05) is 55.6 Å². The number of benzene rings is 2. The van der Waals surface area contributed by atoms with Gasteiger partial charge in [0.2, 0.25) is 11.8 Å². The van der Waals surface area contributed by atoms with Crippen molar-refractivity contribution in [3.63, 3.8) is 0 Å². The number of aromatic nitrogens is 2. The number of anilines is 2. The van der Waals surface area contributed by atoms with Crippen molar-refractivity contribution in [1.29, 1.82) is 5.26 Å². The molecular formula is C41H41ClFN9O6. The van der Waals surface area contributed by atoms with E-state index in [9.17, 15) is 24.0 Å². The molecule has 17 heteroatoms. The van der Waals surface area contributed by atoms with Gasteiger partial charge < -0.3 is 19.9 Å². The zero-order valence-corrected chi connectivity index (χ0v) is 32.3.